The molecule has 0 bridgehead atoms. The first-order valence-electron chi connectivity index (χ1n) is 11.7. The zero-order chi connectivity index (χ0) is 20.9. The van der Waals surface area contributed by atoms with Crippen molar-refractivity contribution in [3.05, 3.63) is 0 Å². The van der Waals surface area contributed by atoms with Gasteiger partial charge in [-0.25, -0.2) is 0 Å². The fraction of sp³-hybridized carbons (Fsp3) is 0.913. The highest BCUT2D eigenvalue weighted by molar-refractivity contribution is 5.73. The number of ether oxygens (including phenoxy) is 2. The Labute approximate surface area is 175 Å². The topological polar surface area (TPSA) is 99.7 Å². The fourth-order valence-electron chi connectivity index (χ4n) is 4.08. The average Bonchev–Trinajstić information content (AvgIpc) is 3.58. The van der Waals surface area contributed by atoms with Crippen LogP contribution in [-0.2, 0) is 19.1 Å². The Kier molecular flexibility index (Phi) is 11.6. The summed E-state index contributed by atoms with van der Waals surface area (Å²) in [5, 5.41) is 19.0. The third kappa shape index (κ3) is 12.2. The van der Waals surface area contributed by atoms with Crippen molar-refractivity contribution in [1.82, 2.24) is 0 Å². The minimum absolute atomic E-state index is 0.267. The van der Waals surface area contributed by atoms with Crippen molar-refractivity contribution in [2.45, 2.75) is 109 Å². The van der Waals surface area contributed by atoms with Gasteiger partial charge in [0, 0.05) is 0 Å². The van der Waals surface area contributed by atoms with Crippen LogP contribution < -0.4 is 0 Å². The first kappa shape index (κ1) is 24.1. The summed E-state index contributed by atoms with van der Waals surface area (Å²) in [7, 11) is 0. The van der Waals surface area contributed by atoms with Crippen LogP contribution in [0.25, 0.3) is 0 Å². The predicted octanol–water partition coefficient (Wildman–Crippen LogP) is 5.04. The summed E-state index contributed by atoms with van der Waals surface area (Å²) in [6, 6.07) is 0. The van der Waals surface area contributed by atoms with Gasteiger partial charge in [-0.05, 0) is 32.1 Å². The lowest BCUT2D eigenvalue weighted by Gasteiger charge is -2.18. The van der Waals surface area contributed by atoms with Gasteiger partial charge in [0.15, 0.2) is 0 Å². The van der Waals surface area contributed by atoms with E-state index in [1.54, 1.807) is 0 Å². The summed E-state index contributed by atoms with van der Waals surface area (Å²) in [5.41, 5.74) is 0. The molecule has 0 aromatic carbocycles. The lowest BCUT2D eigenvalue weighted by Crippen LogP contribution is -2.23. The number of carbonyl (C=O) groups is 2. The molecule has 2 rings (SSSR count). The highest BCUT2D eigenvalue weighted by Gasteiger charge is 2.26. The summed E-state index contributed by atoms with van der Waals surface area (Å²) in [5.74, 6) is -2.75. The second-order valence-corrected chi connectivity index (χ2v) is 8.91. The third-order valence-corrected chi connectivity index (χ3v) is 6.23. The van der Waals surface area contributed by atoms with E-state index in [9.17, 15) is 19.8 Å². The fourth-order valence-corrected chi connectivity index (χ4v) is 4.08. The van der Waals surface area contributed by atoms with Crippen molar-refractivity contribution >= 4 is 11.9 Å². The zero-order valence-corrected chi connectivity index (χ0v) is 17.9. The van der Waals surface area contributed by atoms with E-state index in [0.29, 0.717) is 25.0 Å². The summed E-state index contributed by atoms with van der Waals surface area (Å²) in [6.45, 7) is 1.84. The van der Waals surface area contributed by atoms with E-state index in [0.717, 1.165) is 64.6 Å². The van der Waals surface area contributed by atoms with Gasteiger partial charge in [-0.2, -0.15) is 0 Å². The number of aliphatic carboxylic acids is 2. The quantitative estimate of drug-likeness (QED) is 0.215. The summed E-state index contributed by atoms with van der Waals surface area (Å²) in [4.78, 5) is 23.2. The van der Waals surface area contributed by atoms with Gasteiger partial charge in [-0.3, -0.25) is 9.59 Å². The number of hydrogen-bond donors (Lipinski definition) is 2. The highest BCUT2D eigenvalue weighted by Crippen LogP contribution is 2.25. The molecule has 2 aliphatic rings. The van der Waals surface area contributed by atoms with Crippen molar-refractivity contribution in [1.29, 1.82) is 0 Å². The summed E-state index contributed by atoms with van der Waals surface area (Å²) in [6.07, 6.45) is 15.5. The Morgan fingerprint density at radius 3 is 1.34 bits per heavy atom. The molecule has 0 aromatic heterocycles. The lowest BCUT2D eigenvalue weighted by molar-refractivity contribution is -0.146. The molecule has 0 radical (unpaired) electrons. The molecule has 29 heavy (non-hydrogen) atoms. The number of rotatable bonds is 20. The summed E-state index contributed by atoms with van der Waals surface area (Å²) >= 11 is 0. The molecule has 2 fully saturated rings. The number of carboxylic acids is 2. The molecule has 4 atom stereocenters. The van der Waals surface area contributed by atoms with Gasteiger partial charge in [-0.15, -0.1) is 0 Å². The molecule has 2 saturated heterocycles. The van der Waals surface area contributed by atoms with Crippen molar-refractivity contribution in [3.63, 3.8) is 0 Å². The van der Waals surface area contributed by atoms with Crippen LogP contribution in [0.15, 0.2) is 0 Å². The maximum atomic E-state index is 11.6. The van der Waals surface area contributed by atoms with E-state index in [4.69, 9.17) is 9.47 Å². The molecular weight excluding hydrogens is 372 g/mol. The Bertz CT molecular complexity index is 430. The molecule has 2 N–H and O–H groups in total. The molecule has 6 nitrogen and oxygen atoms in total. The van der Waals surface area contributed by atoms with Gasteiger partial charge in [0.2, 0.25) is 0 Å². The SMILES string of the molecule is O=C(O)C(CCCCCCCC1CO1)CC(CCCCCCCC1CO1)C(=O)O. The zero-order valence-electron chi connectivity index (χ0n) is 17.9. The van der Waals surface area contributed by atoms with Crippen LogP contribution in [0, 0.1) is 11.8 Å². The molecular formula is C23H40O6. The molecule has 0 spiro atoms. The molecule has 2 aliphatic heterocycles. The Morgan fingerprint density at radius 2 is 1.00 bits per heavy atom. The molecule has 0 saturated carbocycles. The van der Waals surface area contributed by atoms with Crippen molar-refractivity contribution in [2.24, 2.45) is 11.8 Å². The van der Waals surface area contributed by atoms with Crippen LogP contribution in [-0.4, -0.2) is 47.6 Å². The predicted molar refractivity (Wildman–Crippen MR) is 111 cm³/mol. The molecule has 0 aliphatic carbocycles. The van der Waals surface area contributed by atoms with Crippen LogP contribution in [0.4, 0.5) is 0 Å². The van der Waals surface area contributed by atoms with Crippen LogP contribution >= 0.6 is 0 Å². The first-order valence-corrected chi connectivity index (χ1v) is 11.7. The molecule has 2 heterocycles. The minimum atomic E-state index is -0.843. The normalized spacial score (nSPS) is 22.2. The van der Waals surface area contributed by atoms with Gasteiger partial charge >= 0.3 is 11.9 Å². The van der Waals surface area contributed by atoms with E-state index in [1.807, 2.05) is 0 Å². The van der Waals surface area contributed by atoms with Crippen molar-refractivity contribution in [2.75, 3.05) is 13.2 Å². The highest BCUT2D eigenvalue weighted by atomic mass is 16.6. The summed E-state index contributed by atoms with van der Waals surface area (Å²) < 4.78 is 10.4. The first-order chi connectivity index (χ1) is 14.1. The van der Waals surface area contributed by atoms with Gasteiger partial charge in [0.1, 0.15) is 0 Å². The maximum absolute atomic E-state index is 11.6. The van der Waals surface area contributed by atoms with Gasteiger partial charge < -0.3 is 19.7 Å². The van der Waals surface area contributed by atoms with Gasteiger partial charge in [0.05, 0.1) is 37.3 Å². The molecule has 168 valence electrons. The van der Waals surface area contributed by atoms with E-state index in [1.165, 1.54) is 25.7 Å². The lowest BCUT2D eigenvalue weighted by atomic mass is 9.87. The minimum Gasteiger partial charge on any atom is -0.481 e. The van der Waals surface area contributed by atoms with E-state index < -0.39 is 23.8 Å². The average molecular weight is 413 g/mol. The Hall–Kier alpha value is -1.14. The second-order valence-electron chi connectivity index (χ2n) is 8.91. The Balaban J connectivity index is 1.52. The monoisotopic (exact) mass is 412 g/mol. The van der Waals surface area contributed by atoms with Gasteiger partial charge in [0.25, 0.3) is 0 Å². The maximum Gasteiger partial charge on any atom is 0.306 e. The molecule has 4 unspecified atom stereocenters. The standard InChI is InChI=1S/C23H40O6/c24-22(25)18(11-7-3-1-5-9-13-20-16-28-20)15-19(23(26)27)12-8-4-2-6-10-14-21-17-29-21/h18-21H,1-17H2,(H,24,25)(H,26,27). The molecule has 0 amide bonds. The van der Waals surface area contributed by atoms with E-state index in [2.05, 4.69) is 0 Å². The molecule has 6 heteroatoms. The van der Waals surface area contributed by atoms with Crippen LogP contribution in [0.5, 0.6) is 0 Å². The van der Waals surface area contributed by atoms with E-state index in [-0.39, 0.29) is 6.42 Å². The second kappa shape index (κ2) is 14.0. The van der Waals surface area contributed by atoms with Crippen LogP contribution in [0.2, 0.25) is 0 Å². The van der Waals surface area contributed by atoms with Crippen LogP contribution in [0.1, 0.15) is 96.3 Å². The third-order valence-electron chi connectivity index (χ3n) is 6.23. The number of unbranched alkanes of at least 4 members (excludes halogenated alkanes) is 8. The van der Waals surface area contributed by atoms with Crippen molar-refractivity contribution < 1.29 is 29.3 Å². The van der Waals surface area contributed by atoms with Crippen molar-refractivity contribution in [3.8, 4) is 0 Å². The number of hydrogen-bond acceptors (Lipinski definition) is 4. The Morgan fingerprint density at radius 1 is 0.655 bits per heavy atom. The number of epoxide rings is 2. The van der Waals surface area contributed by atoms with Gasteiger partial charge in [-0.1, -0.05) is 64.2 Å². The number of carboxylic acid groups (broad SMARTS) is 2. The largest absolute Gasteiger partial charge is 0.481 e. The molecule has 0 aromatic rings. The van der Waals surface area contributed by atoms with E-state index >= 15 is 0 Å². The van der Waals surface area contributed by atoms with Crippen LogP contribution in [0.3, 0.4) is 0 Å². The smallest absolute Gasteiger partial charge is 0.306 e.